The first-order chi connectivity index (χ1) is 4.63. The van der Waals surface area contributed by atoms with Crippen molar-refractivity contribution >= 4 is 17.4 Å². The molecule has 0 spiro atoms. The van der Waals surface area contributed by atoms with Gasteiger partial charge in [-0.25, -0.2) is 0 Å². The highest BCUT2D eigenvalue weighted by Crippen LogP contribution is 1.83. The minimum Gasteiger partial charge on any atom is -0.469 e. The van der Waals surface area contributed by atoms with Crippen LogP contribution < -0.4 is 5.32 Å². The highest BCUT2D eigenvalue weighted by Gasteiger charge is 2.01. The quantitative estimate of drug-likeness (QED) is 0.545. The molecule has 0 aromatic heterocycles. The fourth-order valence-electron chi connectivity index (χ4n) is 0.348. The van der Waals surface area contributed by atoms with Crippen molar-refractivity contribution in [2.75, 3.05) is 13.2 Å². The van der Waals surface area contributed by atoms with Crippen LogP contribution in [0.15, 0.2) is 0 Å². The van der Waals surface area contributed by atoms with E-state index >= 15 is 0 Å². The van der Waals surface area contributed by atoms with Gasteiger partial charge in [-0.1, -0.05) is 20.8 Å². The van der Waals surface area contributed by atoms with Gasteiger partial charge < -0.3 is 10.1 Å². The molecule has 0 aliphatic carbocycles. The van der Waals surface area contributed by atoms with Crippen LogP contribution in [0.25, 0.3) is 0 Å². The highest BCUT2D eigenvalue weighted by molar-refractivity contribution is 7.80. The summed E-state index contributed by atoms with van der Waals surface area (Å²) >= 11 is 4.59. The lowest BCUT2D eigenvalue weighted by Crippen LogP contribution is -2.11. The largest absolute Gasteiger partial charge is 0.469 e. The fourth-order valence-corrected chi connectivity index (χ4v) is 0.533. The predicted molar refractivity (Wildman–Crippen MR) is 47.1 cm³/mol. The lowest BCUT2D eigenvalue weighted by atomic mass is 10.3. The van der Waals surface area contributed by atoms with Gasteiger partial charge in [0.15, 0.2) is 0 Å². The van der Waals surface area contributed by atoms with Gasteiger partial charge in [-0.2, -0.15) is 0 Å². The molecule has 1 N–H and O–H groups in total. The van der Waals surface area contributed by atoms with E-state index < -0.39 is 0 Å². The van der Waals surface area contributed by atoms with Gasteiger partial charge in [0, 0.05) is 0 Å². The van der Waals surface area contributed by atoms with Gasteiger partial charge in [0.1, 0.15) is 6.61 Å². The molecule has 0 bridgehead atoms. The van der Waals surface area contributed by atoms with E-state index in [9.17, 15) is 0 Å². The van der Waals surface area contributed by atoms with Crippen LogP contribution in [0.2, 0.25) is 0 Å². The smallest absolute Gasteiger partial charge is 0.256 e. The average molecular weight is 161 g/mol. The number of rotatable bonds is 0. The van der Waals surface area contributed by atoms with Crippen LogP contribution in [0.3, 0.4) is 0 Å². The van der Waals surface area contributed by atoms with Crippen LogP contribution in [-0.2, 0) is 4.74 Å². The Morgan fingerprint density at radius 1 is 1.50 bits per heavy atom. The van der Waals surface area contributed by atoms with E-state index in [1.54, 1.807) is 0 Å². The number of nitrogens with one attached hydrogen (secondary N) is 1. The van der Waals surface area contributed by atoms with Crippen molar-refractivity contribution in [1.29, 1.82) is 0 Å². The van der Waals surface area contributed by atoms with Crippen molar-refractivity contribution in [3.63, 3.8) is 0 Å². The third kappa shape index (κ3) is 7.69. The van der Waals surface area contributed by atoms with Crippen LogP contribution in [0.4, 0.5) is 0 Å². The Kier molecular flexibility index (Phi) is 5.30. The zero-order valence-electron chi connectivity index (χ0n) is 6.81. The summed E-state index contributed by atoms with van der Waals surface area (Å²) in [5.74, 6) is 0.833. The monoisotopic (exact) mass is 161 g/mol. The highest BCUT2D eigenvalue weighted by atomic mass is 32.1. The number of thiocarbonyl (C=S) groups is 1. The van der Waals surface area contributed by atoms with Gasteiger partial charge in [-0.05, 0) is 18.1 Å². The maximum absolute atomic E-state index is 4.77. The molecule has 10 heavy (non-hydrogen) atoms. The van der Waals surface area contributed by atoms with Crippen LogP contribution in [0, 0.1) is 5.92 Å². The van der Waals surface area contributed by atoms with Gasteiger partial charge in [0.05, 0.1) is 6.54 Å². The number of hydrogen-bond donors (Lipinski definition) is 1. The zero-order chi connectivity index (χ0) is 7.98. The van der Waals surface area contributed by atoms with E-state index in [4.69, 9.17) is 4.74 Å². The molecule has 0 saturated carbocycles. The summed E-state index contributed by atoms with van der Waals surface area (Å²) in [5.41, 5.74) is 0. The van der Waals surface area contributed by atoms with Crippen LogP contribution >= 0.6 is 12.2 Å². The third-order valence-corrected chi connectivity index (χ3v) is 0.867. The SMILES string of the molecule is CC(C)C.S=C1NCCO1. The van der Waals surface area contributed by atoms with E-state index in [0.717, 1.165) is 19.1 Å². The topological polar surface area (TPSA) is 21.3 Å². The van der Waals surface area contributed by atoms with Crippen molar-refractivity contribution in [3.05, 3.63) is 0 Å². The molecule has 1 rings (SSSR count). The van der Waals surface area contributed by atoms with Crippen molar-refractivity contribution in [1.82, 2.24) is 5.32 Å². The molecular formula is C7H15NOS. The van der Waals surface area contributed by atoms with E-state index in [1.807, 2.05) is 0 Å². The summed E-state index contributed by atoms with van der Waals surface area (Å²) in [4.78, 5) is 0. The molecule has 1 aliphatic heterocycles. The second kappa shape index (κ2) is 5.47. The molecule has 0 aromatic rings. The fraction of sp³-hybridized carbons (Fsp3) is 0.857. The maximum Gasteiger partial charge on any atom is 0.256 e. The van der Waals surface area contributed by atoms with E-state index in [1.165, 1.54) is 0 Å². The minimum absolute atomic E-state index is 0.537. The van der Waals surface area contributed by atoms with Gasteiger partial charge in [-0.3, -0.25) is 0 Å². The molecule has 2 nitrogen and oxygen atoms in total. The summed E-state index contributed by atoms with van der Waals surface area (Å²) in [6.07, 6.45) is 0. The third-order valence-electron chi connectivity index (χ3n) is 0.605. The molecule has 0 unspecified atom stereocenters. The molecule has 1 fully saturated rings. The Bertz CT molecular complexity index is 93.0. The Morgan fingerprint density at radius 3 is 2.10 bits per heavy atom. The van der Waals surface area contributed by atoms with Crippen molar-refractivity contribution < 1.29 is 4.74 Å². The summed E-state index contributed by atoms with van der Waals surface area (Å²) in [6.45, 7) is 8.11. The zero-order valence-corrected chi connectivity index (χ0v) is 7.62. The molecule has 60 valence electrons. The van der Waals surface area contributed by atoms with Gasteiger partial charge >= 0.3 is 0 Å². The molecular weight excluding hydrogens is 146 g/mol. The lowest BCUT2D eigenvalue weighted by molar-refractivity contribution is 0.361. The minimum atomic E-state index is 0.537. The first kappa shape index (κ1) is 9.69. The Balaban J connectivity index is 0.000000180. The molecule has 0 atom stereocenters. The summed E-state index contributed by atoms with van der Waals surface area (Å²) < 4.78 is 4.77. The first-order valence-electron chi connectivity index (χ1n) is 3.53. The molecule has 1 aliphatic rings. The Labute approximate surface area is 68.0 Å². The average Bonchev–Trinajstić information content (AvgIpc) is 2.15. The summed E-state index contributed by atoms with van der Waals surface area (Å²) in [6, 6.07) is 0. The van der Waals surface area contributed by atoms with Gasteiger partial charge in [0.25, 0.3) is 5.17 Å². The van der Waals surface area contributed by atoms with E-state index in [2.05, 4.69) is 38.3 Å². The van der Waals surface area contributed by atoms with Crippen molar-refractivity contribution in [3.8, 4) is 0 Å². The van der Waals surface area contributed by atoms with Gasteiger partial charge in [0.2, 0.25) is 0 Å². The molecule has 0 radical (unpaired) electrons. The van der Waals surface area contributed by atoms with Crippen LogP contribution in [-0.4, -0.2) is 18.3 Å². The second-order valence-corrected chi connectivity index (χ2v) is 3.17. The normalized spacial score (nSPS) is 15.4. The second-order valence-electron chi connectivity index (χ2n) is 2.79. The van der Waals surface area contributed by atoms with Crippen molar-refractivity contribution in [2.24, 2.45) is 5.92 Å². The Morgan fingerprint density at radius 2 is 2.00 bits per heavy atom. The van der Waals surface area contributed by atoms with E-state index in [-0.39, 0.29) is 0 Å². The Hall–Kier alpha value is -0.310. The van der Waals surface area contributed by atoms with Crippen molar-refractivity contribution in [2.45, 2.75) is 20.8 Å². The maximum atomic E-state index is 4.77. The molecule has 1 saturated heterocycles. The first-order valence-corrected chi connectivity index (χ1v) is 3.94. The number of ether oxygens (including phenoxy) is 1. The van der Waals surface area contributed by atoms with Crippen LogP contribution in [0.5, 0.6) is 0 Å². The molecule has 0 aromatic carbocycles. The molecule has 0 amide bonds. The van der Waals surface area contributed by atoms with E-state index in [0.29, 0.717) is 5.17 Å². The summed E-state index contributed by atoms with van der Waals surface area (Å²) in [5, 5.41) is 3.37. The van der Waals surface area contributed by atoms with Crippen LogP contribution in [0.1, 0.15) is 20.8 Å². The molecule has 3 heteroatoms. The predicted octanol–water partition coefficient (Wildman–Crippen LogP) is 1.55. The standard InChI is InChI=1S/C4H10.C3H5NOS/c1-4(2)3;6-3-4-1-2-5-3/h4H,1-3H3;1-2H2,(H,4,6). The lowest BCUT2D eigenvalue weighted by Gasteiger charge is -1.85. The summed E-state index contributed by atoms with van der Waals surface area (Å²) in [7, 11) is 0. The van der Waals surface area contributed by atoms with Gasteiger partial charge in [-0.15, -0.1) is 0 Å². The number of hydrogen-bond acceptors (Lipinski definition) is 2. The molecule has 1 heterocycles.